The van der Waals surface area contributed by atoms with Crippen LogP contribution in [0.15, 0.2) is 18.2 Å². The Balaban J connectivity index is 1.78. The number of nitrogens with zero attached hydrogens (tertiary/aromatic N) is 1. The van der Waals surface area contributed by atoms with E-state index in [4.69, 9.17) is 4.74 Å². The Hall–Kier alpha value is -2.18. The molecule has 2 heterocycles. The SMILES string of the molecule is O=C1OC2CC1N(C(=O)Nc1c(F)cccc1F)C2. The predicted octanol–water partition coefficient (Wildman–Crippen LogP) is 1.50. The van der Waals surface area contributed by atoms with Gasteiger partial charge in [0, 0.05) is 6.42 Å². The van der Waals surface area contributed by atoms with Crippen LogP contribution in [0.2, 0.25) is 0 Å². The average Bonchev–Trinajstić information content (AvgIpc) is 2.92. The van der Waals surface area contributed by atoms with E-state index in [2.05, 4.69) is 5.32 Å². The number of urea groups is 1. The lowest BCUT2D eigenvalue weighted by Gasteiger charge is -2.25. The van der Waals surface area contributed by atoms with Crippen LogP contribution in [-0.2, 0) is 9.53 Å². The summed E-state index contributed by atoms with van der Waals surface area (Å²) in [4.78, 5) is 24.5. The van der Waals surface area contributed by atoms with E-state index in [0.29, 0.717) is 6.42 Å². The summed E-state index contributed by atoms with van der Waals surface area (Å²) in [7, 11) is 0. The first-order valence-corrected chi connectivity index (χ1v) is 5.78. The zero-order valence-electron chi connectivity index (χ0n) is 9.73. The third-order valence-corrected chi connectivity index (χ3v) is 3.27. The molecule has 2 bridgehead atoms. The highest BCUT2D eigenvalue weighted by Gasteiger charge is 2.48. The molecule has 0 saturated carbocycles. The Labute approximate surface area is 107 Å². The lowest BCUT2D eigenvalue weighted by molar-refractivity contribution is -0.149. The largest absolute Gasteiger partial charge is 0.459 e. The number of benzene rings is 1. The quantitative estimate of drug-likeness (QED) is 0.785. The van der Waals surface area contributed by atoms with Gasteiger partial charge >= 0.3 is 12.0 Å². The Kier molecular flexibility index (Phi) is 2.62. The Morgan fingerprint density at radius 2 is 2.05 bits per heavy atom. The molecule has 19 heavy (non-hydrogen) atoms. The van der Waals surface area contributed by atoms with Crippen molar-refractivity contribution in [2.75, 3.05) is 11.9 Å². The summed E-state index contributed by atoms with van der Waals surface area (Å²) in [6.07, 6.45) is 0.125. The van der Waals surface area contributed by atoms with Crippen molar-refractivity contribution in [3.63, 3.8) is 0 Å². The molecule has 2 aliphatic heterocycles. The van der Waals surface area contributed by atoms with Gasteiger partial charge in [-0.1, -0.05) is 6.07 Å². The van der Waals surface area contributed by atoms with Gasteiger partial charge < -0.3 is 15.0 Å². The monoisotopic (exact) mass is 268 g/mol. The van der Waals surface area contributed by atoms with Gasteiger partial charge in [-0.05, 0) is 12.1 Å². The number of nitrogens with one attached hydrogen (secondary N) is 1. The summed E-state index contributed by atoms with van der Waals surface area (Å²) < 4.78 is 31.7. The standard InChI is InChI=1S/C12H10F2N2O3/c13-7-2-1-3-8(14)10(7)15-12(18)16-5-6-4-9(16)11(17)19-6/h1-3,6,9H,4-5H2,(H,15,18). The molecule has 0 spiro atoms. The molecule has 1 aromatic rings. The minimum atomic E-state index is -0.861. The van der Waals surface area contributed by atoms with E-state index in [-0.39, 0.29) is 12.6 Å². The maximum Gasteiger partial charge on any atom is 0.329 e. The van der Waals surface area contributed by atoms with Gasteiger partial charge in [-0.3, -0.25) is 0 Å². The molecule has 0 aliphatic carbocycles. The van der Waals surface area contributed by atoms with E-state index >= 15 is 0 Å². The number of carbonyl (C=O) groups is 2. The topological polar surface area (TPSA) is 58.6 Å². The second-order valence-corrected chi connectivity index (χ2v) is 4.49. The predicted molar refractivity (Wildman–Crippen MR) is 60.4 cm³/mol. The first-order valence-electron chi connectivity index (χ1n) is 5.78. The number of amides is 2. The van der Waals surface area contributed by atoms with E-state index in [1.165, 1.54) is 11.0 Å². The van der Waals surface area contributed by atoms with Crippen LogP contribution in [0.3, 0.4) is 0 Å². The van der Waals surface area contributed by atoms with Gasteiger partial charge in [-0.15, -0.1) is 0 Å². The molecular formula is C12H10F2N2O3. The number of halogens is 2. The molecule has 100 valence electrons. The van der Waals surface area contributed by atoms with E-state index < -0.39 is 35.4 Å². The number of likely N-dealkylation sites (tertiary alicyclic amines) is 1. The molecule has 1 aromatic carbocycles. The van der Waals surface area contributed by atoms with Crippen LogP contribution in [0.5, 0.6) is 0 Å². The van der Waals surface area contributed by atoms with Crippen LogP contribution in [0.4, 0.5) is 19.3 Å². The van der Waals surface area contributed by atoms with E-state index in [0.717, 1.165) is 12.1 Å². The van der Waals surface area contributed by atoms with Crippen LogP contribution in [-0.4, -0.2) is 35.6 Å². The molecule has 3 rings (SSSR count). The molecule has 2 amide bonds. The van der Waals surface area contributed by atoms with Crippen LogP contribution in [0.1, 0.15) is 6.42 Å². The molecule has 7 heteroatoms. The minimum Gasteiger partial charge on any atom is -0.459 e. The van der Waals surface area contributed by atoms with Gasteiger partial charge in [0.15, 0.2) is 0 Å². The number of esters is 1. The van der Waals surface area contributed by atoms with Crippen LogP contribution in [0, 0.1) is 11.6 Å². The summed E-state index contributed by atoms with van der Waals surface area (Å²) in [6.45, 7) is 0.248. The van der Waals surface area contributed by atoms with Crippen molar-refractivity contribution >= 4 is 17.7 Å². The molecule has 2 fully saturated rings. The van der Waals surface area contributed by atoms with Gasteiger partial charge in [0.25, 0.3) is 0 Å². The Bertz CT molecular complexity index is 544. The highest BCUT2D eigenvalue weighted by Crippen LogP contribution is 2.30. The van der Waals surface area contributed by atoms with Crippen molar-refractivity contribution in [3.8, 4) is 0 Å². The molecule has 0 radical (unpaired) electrons. The third kappa shape index (κ3) is 1.91. The molecule has 2 saturated heterocycles. The van der Waals surface area contributed by atoms with Crippen molar-refractivity contribution in [2.45, 2.75) is 18.6 Å². The normalized spacial score (nSPS) is 24.5. The van der Waals surface area contributed by atoms with Gasteiger partial charge in [0.1, 0.15) is 29.5 Å². The number of carbonyl (C=O) groups excluding carboxylic acids is 2. The summed E-state index contributed by atoms with van der Waals surface area (Å²) in [6, 6.07) is 1.94. The molecule has 2 aliphatic rings. The van der Waals surface area contributed by atoms with Crippen molar-refractivity contribution in [3.05, 3.63) is 29.8 Å². The second kappa shape index (κ2) is 4.18. The van der Waals surface area contributed by atoms with Crippen molar-refractivity contribution in [1.82, 2.24) is 4.90 Å². The van der Waals surface area contributed by atoms with Crippen LogP contribution in [0.25, 0.3) is 0 Å². The molecule has 0 aromatic heterocycles. The lowest BCUT2D eigenvalue weighted by Crippen LogP contribution is -2.46. The molecule has 2 unspecified atom stereocenters. The Morgan fingerprint density at radius 1 is 1.37 bits per heavy atom. The number of morpholine rings is 1. The lowest BCUT2D eigenvalue weighted by atomic mass is 10.2. The van der Waals surface area contributed by atoms with E-state index in [1.54, 1.807) is 0 Å². The highest BCUT2D eigenvalue weighted by molar-refractivity contribution is 5.94. The van der Waals surface area contributed by atoms with Crippen LogP contribution >= 0.6 is 0 Å². The number of rotatable bonds is 1. The zero-order chi connectivity index (χ0) is 13.6. The first-order chi connectivity index (χ1) is 9.06. The number of hydrogen-bond donors (Lipinski definition) is 1. The summed E-state index contributed by atoms with van der Waals surface area (Å²) in [5.41, 5.74) is -0.511. The fourth-order valence-electron chi connectivity index (χ4n) is 2.37. The van der Waals surface area contributed by atoms with Crippen molar-refractivity contribution in [1.29, 1.82) is 0 Å². The van der Waals surface area contributed by atoms with Gasteiger partial charge in [-0.25, -0.2) is 18.4 Å². The number of para-hydroxylation sites is 1. The van der Waals surface area contributed by atoms with Gasteiger partial charge in [-0.2, -0.15) is 0 Å². The second-order valence-electron chi connectivity index (χ2n) is 4.49. The molecule has 1 N–H and O–H groups in total. The molecular weight excluding hydrogens is 258 g/mol. The Morgan fingerprint density at radius 3 is 2.63 bits per heavy atom. The van der Waals surface area contributed by atoms with Crippen molar-refractivity contribution in [2.24, 2.45) is 0 Å². The number of ether oxygens (including phenoxy) is 1. The van der Waals surface area contributed by atoms with Crippen molar-refractivity contribution < 1.29 is 23.1 Å². The fourth-order valence-corrected chi connectivity index (χ4v) is 2.37. The first kappa shape index (κ1) is 11.9. The summed E-state index contributed by atoms with van der Waals surface area (Å²) in [5.74, 6) is -2.19. The van der Waals surface area contributed by atoms with Gasteiger partial charge in [0.05, 0.1) is 6.54 Å². The van der Waals surface area contributed by atoms with E-state index in [9.17, 15) is 18.4 Å². The molecule has 5 nitrogen and oxygen atoms in total. The summed E-state index contributed by atoms with van der Waals surface area (Å²) >= 11 is 0. The number of fused-ring (bicyclic) bond motifs is 2. The zero-order valence-corrected chi connectivity index (χ0v) is 9.73. The average molecular weight is 268 g/mol. The van der Waals surface area contributed by atoms with Gasteiger partial charge in [0.2, 0.25) is 0 Å². The smallest absolute Gasteiger partial charge is 0.329 e. The highest BCUT2D eigenvalue weighted by atomic mass is 19.1. The number of anilines is 1. The maximum atomic E-state index is 13.4. The maximum absolute atomic E-state index is 13.4. The summed E-state index contributed by atoms with van der Waals surface area (Å²) in [5, 5.41) is 2.16. The minimum absolute atomic E-state index is 0.248. The fraction of sp³-hybridized carbons (Fsp3) is 0.333. The number of hydrogen-bond acceptors (Lipinski definition) is 3. The van der Waals surface area contributed by atoms with E-state index in [1.807, 2.05) is 0 Å². The molecule has 2 atom stereocenters. The van der Waals surface area contributed by atoms with Crippen LogP contribution < -0.4 is 5.32 Å². The third-order valence-electron chi connectivity index (χ3n) is 3.27.